The minimum atomic E-state index is -0.144. The number of amides is 1. The molecular weight excluding hydrogens is 378 g/mol. The van der Waals surface area contributed by atoms with Gasteiger partial charge in [-0.2, -0.15) is 5.10 Å². The molecule has 1 aliphatic heterocycles. The van der Waals surface area contributed by atoms with Gasteiger partial charge in [0.05, 0.1) is 52.4 Å². The Kier molecular flexibility index (Phi) is 6.11. The van der Waals surface area contributed by atoms with Crippen molar-refractivity contribution in [3.05, 3.63) is 71.9 Å². The number of quaternary nitrogens is 1. The molecule has 0 unspecified atom stereocenters. The van der Waals surface area contributed by atoms with E-state index >= 15 is 0 Å². The molecule has 2 aromatic carbocycles. The molecule has 1 amide bonds. The van der Waals surface area contributed by atoms with E-state index in [1.54, 1.807) is 7.11 Å². The predicted octanol–water partition coefficient (Wildman–Crippen LogP) is 1.08. The van der Waals surface area contributed by atoms with E-state index in [1.807, 2.05) is 58.4 Å². The van der Waals surface area contributed by atoms with Crippen molar-refractivity contribution in [3.63, 3.8) is 0 Å². The van der Waals surface area contributed by atoms with E-state index in [4.69, 9.17) is 9.84 Å². The molecular formula is C23H28N5O2+. The summed E-state index contributed by atoms with van der Waals surface area (Å²) in [6, 6.07) is 17.8. The number of rotatable bonds is 6. The molecule has 3 aromatic rings. The highest BCUT2D eigenvalue weighted by Crippen LogP contribution is 2.31. The minimum Gasteiger partial charge on any atom is -0.496 e. The van der Waals surface area contributed by atoms with Gasteiger partial charge >= 0.3 is 0 Å². The van der Waals surface area contributed by atoms with Gasteiger partial charge in [-0.1, -0.05) is 42.5 Å². The zero-order chi connectivity index (χ0) is 20.9. The van der Waals surface area contributed by atoms with E-state index in [0.29, 0.717) is 23.6 Å². The van der Waals surface area contributed by atoms with Crippen molar-refractivity contribution < 1.29 is 14.4 Å². The van der Waals surface area contributed by atoms with E-state index in [-0.39, 0.29) is 5.91 Å². The summed E-state index contributed by atoms with van der Waals surface area (Å²) < 4.78 is 7.35. The van der Waals surface area contributed by atoms with Crippen molar-refractivity contribution in [2.24, 2.45) is 0 Å². The van der Waals surface area contributed by atoms with Crippen LogP contribution in [0.1, 0.15) is 15.9 Å². The molecule has 0 bridgehead atoms. The molecule has 0 aliphatic carbocycles. The van der Waals surface area contributed by atoms with E-state index < -0.39 is 0 Å². The molecule has 2 N–H and O–H groups in total. The van der Waals surface area contributed by atoms with Crippen LogP contribution in [0.25, 0.3) is 11.3 Å². The number of carbonyl (C=O) groups is 1. The fourth-order valence-electron chi connectivity index (χ4n) is 3.68. The highest BCUT2D eigenvalue weighted by Gasteiger charge is 2.24. The Morgan fingerprint density at radius 1 is 1.10 bits per heavy atom. The molecule has 0 spiro atoms. The normalized spacial score (nSPS) is 15.1. The lowest BCUT2D eigenvalue weighted by atomic mass is 10.1. The first kappa shape index (κ1) is 20.1. The summed E-state index contributed by atoms with van der Waals surface area (Å²) in [6.45, 7) is 4.27. The molecule has 1 aliphatic rings. The zero-order valence-electron chi connectivity index (χ0n) is 17.5. The van der Waals surface area contributed by atoms with Gasteiger partial charge in [0.2, 0.25) is 0 Å². The molecule has 7 heteroatoms. The summed E-state index contributed by atoms with van der Waals surface area (Å²) in [5.41, 5.74) is 6.17. The summed E-state index contributed by atoms with van der Waals surface area (Å²) in [6.07, 6.45) is 1.82. The number of likely N-dealkylation sites (N-methyl/N-ethyl adjacent to an activating group) is 1. The van der Waals surface area contributed by atoms with E-state index in [9.17, 15) is 4.79 Å². The lowest BCUT2D eigenvalue weighted by Crippen LogP contribution is -3.12. The molecule has 0 radical (unpaired) electrons. The third kappa shape index (κ3) is 4.53. The number of benzene rings is 2. The van der Waals surface area contributed by atoms with Crippen LogP contribution in [-0.2, 0) is 6.54 Å². The number of nitrogens with one attached hydrogen (secondary N) is 2. The molecule has 0 saturated carbocycles. The van der Waals surface area contributed by atoms with Crippen LogP contribution in [-0.4, -0.2) is 61.0 Å². The minimum absolute atomic E-state index is 0.144. The van der Waals surface area contributed by atoms with Crippen LogP contribution in [0.4, 0.5) is 0 Å². The smallest absolute Gasteiger partial charge is 0.269 e. The summed E-state index contributed by atoms with van der Waals surface area (Å²) in [5, 5.41) is 6.76. The van der Waals surface area contributed by atoms with E-state index in [1.165, 1.54) is 4.90 Å². The van der Waals surface area contributed by atoms with Gasteiger partial charge in [0, 0.05) is 11.8 Å². The third-order valence-corrected chi connectivity index (χ3v) is 5.43. The molecule has 1 aromatic heterocycles. The quantitative estimate of drug-likeness (QED) is 0.643. The van der Waals surface area contributed by atoms with Crippen molar-refractivity contribution in [2.45, 2.75) is 6.54 Å². The number of carbonyl (C=O) groups excluding carboxylic acids is 1. The average Bonchev–Trinajstić information content (AvgIpc) is 3.19. The van der Waals surface area contributed by atoms with Crippen LogP contribution in [0.5, 0.6) is 5.75 Å². The van der Waals surface area contributed by atoms with Gasteiger partial charge in [-0.15, -0.1) is 0 Å². The predicted molar refractivity (Wildman–Crippen MR) is 115 cm³/mol. The second kappa shape index (κ2) is 9.11. The lowest BCUT2D eigenvalue weighted by molar-refractivity contribution is -0.884. The number of hydrazine groups is 1. The summed E-state index contributed by atoms with van der Waals surface area (Å²) in [5.74, 6) is 0.550. The number of ether oxygens (including phenoxy) is 1. The van der Waals surface area contributed by atoms with Crippen LogP contribution in [0, 0.1) is 0 Å². The van der Waals surface area contributed by atoms with Gasteiger partial charge in [0.15, 0.2) is 0 Å². The molecule has 156 valence electrons. The lowest BCUT2D eigenvalue weighted by Gasteiger charge is -2.30. The van der Waals surface area contributed by atoms with E-state index in [0.717, 1.165) is 37.3 Å². The zero-order valence-corrected chi connectivity index (χ0v) is 17.5. The van der Waals surface area contributed by atoms with Crippen LogP contribution in [0.3, 0.4) is 0 Å². The van der Waals surface area contributed by atoms with Crippen molar-refractivity contribution in [3.8, 4) is 17.0 Å². The topological polar surface area (TPSA) is 63.8 Å². The molecule has 0 atom stereocenters. The SMILES string of the molecule is COc1ccccc1-c1nn(Cc2ccccc2)cc1C(=O)NN1CC[NH+](C)CC1. The maximum Gasteiger partial charge on any atom is 0.269 e. The number of methoxy groups -OCH3 is 1. The number of hydrogen-bond donors (Lipinski definition) is 2. The molecule has 7 nitrogen and oxygen atoms in total. The standard InChI is InChI=1S/C23H27N5O2/c1-26-12-14-27(15-13-26)25-23(29)20-17-28(16-18-8-4-3-5-9-18)24-22(20)19-10-6-7-11-21(19)30-2/h3-11,17H,12-16H2,1-2H3,(H,25,29)/p+1. The second-order valence-electron chi connectivity index (χ2n) is 7.66. The fraction of sp³-hybridized carbons (Fsp3) is 0.304. The van der Waals surface area contributed by atoms with Gasteiger partial charge in [-0.05, 0) is 17.7 Å². The highest BCUT2D eigenvalue weighted by molar-refractivity contribution is 6.00. The summed E-state index contributed by atoms with van der Waals surface area (Å²) >= 11 is 0. The van der Waals surface area contributed by atoms with Crippen LogP contribution >= 0.6 is 0 Å². The van der Waals surface area contributed by atoms with Crippen molar-refractivity contribution in [1.29, 1.82) is 0 Å². The van der Waals surface area contributed by atoms with Crippen LogP contribution in [0.2, 0.25) is 0 Å². The largest absolute Gasteiger partial charge is 0.496 e. The molecule has 1 fully saturated rings. The number of hydrogen-bond acceptors (Lipinski definition) is 4. The average molecular weight is 407 g/mol. The van der Waals surface area contributed by atoms with Crippen molar-refractivity contribution in [2.75, 3.05) is 40.3 Å². The maximum atomic E-state index is 13.2. The molecule has 2 heterocycles. The van der Waals surface area contributed by atoms with Crippen LogP contribution in [0.15, 0.2) is 60.8 Å². The Balaban J connectivity index is 1.65. The Hall–Kier alpha value is -3.16. The van der Waals surface area contributed by atoms with Gasteiger partial charge in [0.25, 0.3) is 5.91 Å². The van der Waals surface area contributed by atoms with Crippen molar-refractivity contribution >= 4 is 5.91 Å². The Labute approximate surface area is 176 Å². The molecule has 4 rings (SSSR count). The Morgan fingerprint density at radius 3 is 2.53 bits per heavy atom. The number of piperazine rings is 1. The Bertz CT molecular complexity index is 994. The Morgan fingerprint density at radius 2 is 1.80 bits per heavy atom. The maximum absolute atomic E-state index is 13.2. The third-order valence-electron chi connectivity index (χ3n) is 5.43. The first-order chi connectivity index (χ1) is 14.6. The van der Waals surface area contributed by atoms with E-state index in [2.05, 4.69) is 24.6 Å². The van der Waals surface area contributed by atoms with Gasteiger partial charge in [-0.3, -0.25) is 14.9 Å². The van der Waals surface area contributed by atoms with Crippen molar-refractivity contribution in [1.82, 2.24) is 20.2 Å². The fourth-order valence-corrected chi connectivity index (χ4v) is 3.68. The molecule has 30 heavy (non-hydrogen) atoms. The summed E-state index contributed by atoms with van der Waals surface area (Å²) in [4.78, 5) is 14.7. The number of para-hydroxylation sites is 1. The monoisotopic (exact) mass is 406 g/mol. The van der Waals surface area contributed by atoms with Gasteiger partial charge in [0.1, 0.15) is 11.4 Å². The molecule has 1 saturated heterocycles. The number of aromatic nitrogens is 2. The first-order valence-electron chi connectivity index (χ1n) is 10.3. The summed E-state index contributed by atoms with van der Waals surface area (Å²) in [7, 11) is 3.80. The first-order valence-corrected chi connectivity index (χ1v) is 10.3. The van der Waals surface area contributed by atoms with Gasteiger partial charge in [-0.25, -0.2) is 5.01 Å². The highest BCUT2D eigenvalue weighted by atomic mass is 16.5. The van der Waals surface area contributed by atoms with Crippen LogP contribution < -0.4 is 15.1 Å². The number of nitrogens with zero attached hydrogens (tertiary/aromatic N) is 3. The van der Waals surface area contributed by atoms with Gasteiger partial charge < -0.3 is 9.64 Å². The second-order valence-corrected chi connectivity index (χ2v) is 7.66.